The highest BCUT2D eigenvalue weighted by Gasteiger charge is 2.21. The number of carbonyl (C=O) groups excluding carboxylic acids is 2. The number of para-hydroxylation sites is 1. The largest absolute Gasteiger partial charge is 0.495 e. The molecule has 1 atom stereocenters. The molecule has 0 heterocycles. The number of nitrogens with two attached hydrogens (primary N) is 1. The quantitative estimate of drug-likeness (QED) is 0.619. The number of nitrogen functional groups attached to an aromatic ring is 1. The summed E-state index contributed by atoms with van der Waals surface area (Å²) in [5.41, 5.74) is 7.60. The van der Waals surface area contributed by atoms with E-state index >= 15 is 0 Å². The summed E-state index contributed by atoms with van der Waals surface area (Å²) < 4.78 is 10.7. The number of hydrogen-bond acceptors (Lipinski definition) is 5. The fraction of sp³-hybridized carbons (Fsp3) is 0.300. The van der Waals surface area contributed by atoms with Crippen molar-refractivity contribution in [2.24, 2.45) is 0 Å². The molecule has 0 spiro atoms. The number of hydrogen-bond donors (Lipinski definition) is 3. The van der Waals surface area contributed by atoms with Gasteiger partial charge in [0.25, 0.3) is 0 Å². The monoisotopic (exact) mass is 371 g/mol. The minimum atomic E-state index is -0.513. The van der Waals surface area contributed by atoms with E-state index in [-0.39, 0.29) is 18.2 Å². The first-order valence-corrected chi connectivity index (χ1v) is 8.66. The molecule has 27 heavy (non-hydrogen) atoms. The molecule has 0 saturated carbocycles. The van der Waals surface area contributed by atoms with Crippen LogP contribution in [0.3, 0.4) is 0 Å². The first kappa shape index (κ1) is 20.1. The van der Waals surface area contributed by atoms with Crippen LogP contribution in [0.25, 0.3) is 0 Å². The molecule has 0 saturated heterocycles. The minimum absolute atomic E-state index is 0.0512. The molecule has 0 aliphatic heterocycles. The Bertz CT molecular complexity index is 808. The predicted octanol–water partition coefficient (Wildman–Crippen LogP) is 2.88. The van der Waals surface area contributed by atoms with Crippen molar-refractivity contribution in [3.8, 4) is 11.5 Å². The van der Waals surface area contributed by atoms with Crippen LogP contribution >= 0.6 is 0 Å². The lowest BCUT2D eigenvalue weighted by molar-refractivity contribution is -0.120. The molecule has 7 nitrogen and oxygen atoms in total. The number of methoxy groups -OCH3 is 1. The van der Waals surface area contributed by atoms with Crippen molar-refractivity contribution in [1.29, 1.82) is 0 Å². The van der Waals surface area contributed by atoms with E-state index in [4.69, 9.17) is 15.2 Å². The van der Waals surface area contributed by atoms with Gasteiger partial charge in [-0.3, -0.25) is 9.59 Å². The van der Waals surface area contributed by atoms with Gasteiger partial charge in [0.1, 0.15) is 11.5 Å². The molecule has 4 N–H and O–H groups in total. The number of benzene rings is 2. The second-order valence-corrected chi connectivity index (χ2v) is 5.93. The number of amides is 2. The molecule has 2 rings (SSSR count). The van der Waals surface area contributed by atoms with Gasteiger partial charge in [-0.15, -0.1) is 0 Å². The van der Waals surface area contributed by atoms with Gasteiger partial charge in [-0.1, -0.05) is 18.2 Å². The van der Waals surface area contributed by atoms with Gasteiger partial charge in [0.15, 0.2) is 0 Å². The van der Waals surface area contributed by atoms with Gasteiger partial charge in [-0.2, -0.15) is 0 Å². The molecule has 0 aromatic heterocycles. The zero-order valence-electron chi connectivity index (χ0n) is 15.7. The van der Waals surface area contributed by atoms with E-state index in [1.807, 2.05) is 31.2 Å². The third-order valence-corrected chi connectivity index (χ3v) is 3.87. The number of ether oxygens (including phenoxy) is 2. The van der Waals surface area contributed by atoms with Gasteiger partial charge in [0, 0.05) is 18.2 Å². The summed E-state index contributed by atoms with van der Waals surface area (Å²) >= 11 is 0. The predicted molar refractivity (Wildman–Crippen MR) is 105 cm³/mol. The van der Waals surface area contributed by atoms with Crippen molar-refractivity contribution >= 4 is 23.2 Å². The highest BCUT2D eigenvalue weighted by atomic mass is 16.5. The molecular formula is C20H25N3O4. The van der Waals surface area contributed by atoms with Gasteiger partial charge in [-0.25, -0.2) is 0 Å². The molecule has 0 radical (unpaired) electrons. The minimum Gasteiger partial charge on any atom is -0.495 e. The highest BCUT2D eigenvalue weighted by molar-refractivity contribution is 5.92. The standard InChI is InChI=1S/C20H25N3O4/c1-4-27-18-8-6-5-7-15(18)17(22-13(2)24)12-20(25)23-14-9-10-19(26-3)16(21)11-14/h5-11,17H,4,12,21H2,1-3H3,(H,22,24)(H,23,25). The van der Waals surface area contributed by atoms with E-state index in [2.05, 4.69) is 10.6 Å². The van der Waals surface area contributed by atoms with Crippen LogP contribution in [0.4, 0.5) is 11.4 Å². The first-order chi connectivity index (χ1) is 12.9. The van der Waals surface area contributed by atoms with Gasteiger partial charge < -0.3 is 25.8 Å². The van der Waals surface area contributed by atoms with Crippen molar-refractivity contribution < 1.29 is 19.1 Å². The Morgan fingerprint density at radius 2 is 1.89 bits per heavy atom. The zero-order chi connectivity index (χ0) is 19.8. The summed E-state index contributed by atoms with van der Waals surface area (Å²) in [5, 5.41) is 5.61. The Hall–Kier alpha value is -3.22. The van der Waals surface area contributed by atoms with Gasteiger partial charge in [0.05, 0.1) is 31.9 Å². The summed E-state index contributed by atoms with van der Waals surface area (Å²) in [6.45, 7) is 3.78. The first-order valence-electron chi connectivity index (χ1n) is 8.66. The van der Waals surface area contributed by atoms with Crippen molar-refractivity contribution in [3.05, 3.63) is 48.0 Å². The third-order valence-electron chi connectivity index (χ3n) is 3.87. The molecule has 0 bridgehead atoms. The van der Waals surface area contributed by atoms with E-state index in [0.29, 0.717) is 29.5 Å². The lowest BCUT2D eigenvalue weighted by Gasteiger charge is -2.21. The van der Waals surface area contributed by atoms with Crippen LogP contribution in [0.5, 0.6) is 11.5 Å². The molecule has 2 aromatic rings. The fourth-order valence-electron chi connectivity index (χ4n) is 2.75. The van der Waals surface area contributed by atoms with E-state index in [0.717, 1.165) is 5.56 Å². The van der Waals surface area contributed by atoms with Crippen LogP contribution in [0, 0.1) is 0 Å². The summed E-state index contributed by atoms with van der Waals surface area (Å²) in [4.78, 5) is 24.2. The van der Waals surface area contributed by atoms with Gasteiger partial charge in [0.2, 0.25) is 11.8 Å². The Morgan fingerprint density at radius 1 is 1.15 bits per heavy atom. The maximum absolute atomic E-state index is 12.5. The maximum atomic E-state index is 12.5. The average Bonchev–Trinajstić information content (AvgIpc) is 2.61. The maximum Gasteiger partial charge on any atom is 0.226 e. The molecule has 0 fully saturated rings. The zero-order valence-corrected chi connectivity index (χ0v) is 15.7. The summed E-state index contributed by atoms with van der Waals surface area (Å²) in [5.74, 6) is 0.687. The van der Waals surface area contributed by atoms with E-state index in [1.165, 1.54) is 14.0 Å². The number of rotatable bonds is 8. The molecule has 1 unspecified atom stereocenters. The van der Waals surface area contributed by atoms with Crippen molar-refractivity contribution in [1.82, 2.24) is 5.32 Å². The normalized spacial score (nSPS) is 11.4. The van der Waals surface area contributed by atoms with Gasteiger partial charge >= 0.3 is 0 Å². The molecule has 0 aliphatic carbocycles. The molecule has 2 amide bonds. The number of carbonyl (C=O) groups is 2. The van der Waals surface area contributed by atoms with Crippen LogP contribution < -0.4 is 25.8 Å². The van der Waals surface area contributed by atoms with Crippen molar-refractivity contribution in [3.63, 3.8) is 0 Å². The van der Waals surface area contributed by atoms with E-state index < -0.39 is 6.04 Å². The second-order valence-electron chi connectivity index (χ2n) is 5.93. The Morgan fingerprint density at radius 3 is 2.52 bits per heavy atom. The van der Waals surface area contributed by atoms with Crippen LogP contribution in [-0.2, 0) is 9.59 Å². The van der Waals surface area contributed by atoms with Crippen LogP contribution in [-0.4, -0.2) is 25.5 Å². The molecule has 144 valence electrons. The number of nitrogens with one attached hydrogen (secondary N) is 2. The molecule has 7 heteroatoms. The highest BCUT2D eigenvalue weighted by Crippen LogP contribution is 2.29. The third kappa shape index (κ3) is 5.64. The van der Waals surface area contributed by atoms with Crippen molar-refractivity contribution in [2.75, 3.05) is 24.8 Å². The Kier molecular flexibility index (Phi) is 7.05. The van der Waals surface area contributed by atoms with E-state index in [1.54, 1.807) is 18.2 Å². The van der Waals surface area contributed by atoms with Gasteiger partial charge in [-0.05, 0) is 31.2 Å². The summed E-state index contributed by atoms with van der Waals surface area (Å²) in [6.07, 6.45) is 0.0512. The summed E-state index contributed by atoms with van der Waals surface area (Å²) in [7, 11) is 1.53. The lowest BCUT2D eigenvalue weighted by Crippen LogP contribution is -2.30. The number of anilines is 2. The van der Waals surface area contributed by atoms with Crippen molar-refractivity contribution in [2.45, 2.75) is 26.3 Å². The molecule has 0 aliphatic rings. The SMILES string of the molecule is CCOc1ccccc1C(CC(=O)Nc1ccc(OC)c(N)c1)NC(C)=O. The smallest absolute Gasteiger partial charge is 0.226 e. The second kappa shape index (κ2) is 9.47. The topological polar surface area (TPSA) is 103 Å². The van der Waals surface area contributed by atoms with Crippen LogP contribution in [0.1, 0.15) is 31.9 Å². The average molecular weight is 371 g/mol. The fourth-order valence-corrected chi connectivity index (χ4v) is 2.75. The van der Waals surface area contributed by atoms with E-state index in [9.17, 15) is 9.59 Å². The summed E-state index contributed by atoms with van der Waals surface area (Å²) in [6, 6.07) is 11.8. The van der Waals surface area contributed by atoms with Crippen LogP contribution in [0.15, 0.2) is 42.5 Å². The molecule has 2 aromatic carbocycles. The lowest BCUT2D eigenvalue weighted by atomic mass is 10.0. The Labute approximate surface area is 158 Å². The molecular weight excluding hydrogens is 346 g/mol. The van der Waals surface area contributed by atoms with Crippen LogP contribution in [0.2, 0.25) is 0 Å². The Balaban J connectivity index is 2.17.